The minimum Gasteiger partial charge on any atom is -0.378 e. The van der Waals surface area contributed by atoms with Gasteiger partial charge in [-0.05, 0) is 31.5 Å². The molecule has 0 aliphatic carbocycles. The van der Waals surface area contributed by atoms with Crippen LogP contribution in [0.3, 0.4) is 0 Å². The highest BCUT2D eigenvalue weighted by Crippen LogP contribution is 2.24. The molecule has 2 saturated heterocycles. The molecule has 2 aliphatic rings. The van der Waals surface area contributed by atoms with Crippen molar-refractivity contribution in [3.05, 3.63) is 24.3 Å². The van der Waals surface area contributed by atoms with Crippen LogP contribution in [0.2, 0.25) is 0 Å². The van der Waals surface area contributed by atoms with Crippen molar-refractivity contribution in [3.63, 3.8) is 0 Å². The minimum absolute atomic E-state index is 0.0796. The Morgan fingerprint density at radius 2 is 2.04 bits per heavy atom. The number of anilines is 2. The predicted octanol–water partition coefficient (Wildman–Crippen LogP) is 1.47. The molecule has 0 bridgehead atoms. The van der Waals surface area contributed by atoms with Crippen molar-refractivity contribution in [2.45, 2.75) is 25.8 Å². The van der Waals surface area contributed by atoms with Crippen molar-refractivity contribution < 1.29 is 14.3 Å². The molecule has 124 valence electrons. The maximum atomic E-state index is 12.4. The second kappa shape index (κ2) is 7.00. The summed E-state index contributed by atoms with van der Waals surface area (Å²) in [5, 5.41) is 3.25. The van der Waals surface area contributed by atoms with Gasteiger partial charge >= 0.3 is 0 Å². The average Bonchev–Trinajstić information content (AvgIpc) is 3.01. The molecule has 1 atom stereocenters. The highest BCUT2D eigenvalue weighted by atomic mass is 16.5. The molecule has 2 fully saturated rings. The lowest BCUT2D eigenvalue weighted by atomic mass is 10.2. The standard InChI is InChI=1S/C17H23N3O3/c1-13(17(22)19-8-10-23-11-9-19)18-14-4-2-5-15(12-14)20-7-3-6-16(20)21/h2,4-5,12-13,18H,3,6-11H2,1H3. The number of nitrogens with zero attached hydrogens (tertiary/aromatic N) is 2. The first kappa shape index (κ1) is 15.8. The van der Waals surface area contributed by atoms with Gasteiger partial charge in [0.15, 0.2) is 0 Å². The quantitative estimate of drug-likeness (QED) is 0.913. The molecular weight excluding hydrogens is 294 g/mol. The summed E-state index contributed by atoms with van der Waals surface area (Å²) in [7, 11) is 0. The van der Waals surface area contributed by atoms with E-state index in [4.69, 9.17) is 4.74 Å². The topological polar surface area (TPSA) is 61.9 Å². The van der Waals surface area contributed by atoms with E-state index in [9.17, 15) is 9.59 Å². The third-order valence-corrected chi connectivity index (χ3v) is 4.31. The highest BCUT2D eigenvalue weighted by molar-refractivity contribution is 5.95. The molecule has 3 rings (SSSR count). The van der Waals surface area contributed by atoms with Crippen LogP contribution in [0.4, 0.5) is 11.4 Å². The van der Waals surface area contributed by atoms with Crippen LogP contribution in [0.25, 0.3) is 0 Å². The van der Waals surface area contributed by atoms with Crippen molar-refractivity contribution in [1.82, 2.24) is 4.90 Å². The number of morpholine rings is 1. The molecule has 0 radical (unpaired) electrons. The molecule has 2 heterocycles. The second-order valence-electron chi connectivity index (χ2n) is 6.00. The molecule has 0 aromatic heterocycles. The number of amides is 2. The summed E-state index contributed by atoms with van der Waals surface area (Å²) in [6.07, 6.45) is 1.52. The van der Waals surface area contributed by atoms with E-state index in [1.807, 2.05) is 36.1 Å². The number of benzene rings is 1. The van der Waals surface area contributed by atoms with E-state index in [0.717, 1.165) is 24.3 Å². The molecule has 6 nitrogen and oxygen atoms in total. The second-order valence-corrected chi connectivity index (χ2v) is 6.00. The van der Waals surface area contributed by atoms with Crippen molar-refractivity contribution in [3.8, 4) is 0 Å². The Morgan fingerprint density at radius 3 is 2.74 bits per heavy atom. The summed E-state index contributed by atoms with van der Waals surface area (Å²) in [5.41, 5.74) is 1.75. The van der Waals surface area contributed by atoms with E-state index >= 15 is 0 Å². The van der Waals surface area contributed by atoms with Crippen LogP contribution in [0.5, 0.6) is 0 Å². The van der Waals surface area contributed by atoms with Crippen LogP contribution >= 0.6 is 0 Å². The number of ether oxygens (including phenoxy) is 1. The monoisotopic (exact) mass is 317 g/mol. The molecule has 2 amide bonds. The molecule has 0 spiro atoms. The van der Waals surface area contributed by atoms with E-state index in [-0.39, 0.29) is 17.9 Å². The maximum Gasteiger partial charge on any atom is 0.244 e. The molecule has 6 heteroatoms. The fraction of sp³-hybridized carbons (Fsp3) is 0.529. The average molecular weight is 317 g/mol. The zero-order valence-electron chi connectivity index (χ0n) is 13.5. The van der Waals surface area contributed by atoms with Gasteiger partial charge in [-0.2, -0.15) is 0 Å². The third-order valence-electron chi connectivity index (χ3n) is 4.31. The molecular formula is C17H23N3O3. The summed E-state index contributed by atoms with van der Waals surface area (Å²) in [4.78, 5) is 27.9. The van der Waals surface area contributed by atoms with Gasteiger partial charge in [0, 0.05) is 37.4 Å². The molecule has 2 aliphatic heterocycles. The minimum atomic E-state index is -0.308. The number of hydrogen-bond donors (Lipinski definition) is 1. The Kier molecular flexibility index (Phi) is 4.81. The van der Waals surface area contributed by atoms with Gasteiger partial charge < -0.3 is 19.9 Å². The normalized spacial score (nSPS) is 19.8. The number of rotatable bonds is 4. The Labute approximate surface area is 136 Å². The molecule has 1 unspecified atom stereocenters. The number of carbonyl (C=O) groups excluding carboxylic acids is 2. The summed E-state index contributed by atoms with van der Waals surface area (Å²) < 4.78 is 5.28. The summed E-state index contributed by atoms with van der Waals surface area (Å²) in [6, 6.07) is 7.40. The van der Waals surface area contributed by atoms with Crippen molar-refractivity contribution in [1.29, 1.82) is 0 Å². The first-order valence-electron chi connectivity index (χ1n) is 8.18. The Bertz CT molecular complexity index is 584. The molecule has 1 N–H and O–H groups in total. The van der Waals surface area contributed by atoms with Crippen LogP contribution in [0.1, 0.15) is 19.8 Å². The summed E-state index contributed by atoms with van der Waals surface area (Å²) >= 11 is 0. The SMILES string of the molecule is CC(Nc1cccc(N2CCCC2=O)c1)C(=O)N1CCOCC1. The van der Waals surface area contributed by atoms with Gasteiger partial charge in [-0.25, -0.2) is 0 Å². The van der Waals surface area contributed by atoms with Gasteiger partial charge in [0.2, 0.25) is 11.8 Å². The van der Waals surface area contributed by atoms with E-state index in [1.165, 1.54) is 0 Å². The maximum absolute atomic E-state index is 12.4. The number of hydrogen-bond acceptors (Lipinski definition) is 4. The first-order chi connectivity index (χ1) is 11.1. The zero-order chi connectivity index (χ0) is 16.2. The summed E-state index contributed by atoms with van der Waals surface area (Å²) in [5.74, 6) is 0.246. The Hall–Kier alpha value is -2.08. The molecule has 1 aromatic carbocycles. The largest absolute Gasteiger partial charge is 0.378 e. The Balaban J connectivity index is 1.65. The van der Waals surface area contributed by atoms with Crippen LogP contribution in [-0.2, 0) is 14.3 Å². The molecule has 1 aromatic rings. The lowest BCUT2D eigenvalue weighted by Crippen LogP contribution is -2.47. The lowest BCUT2D eigenvalue weighted by molar-refractivity contribution is -0.135. The van der Waals surface area contributed by atoms with E-state index in [2.05, 4.69) is 5.32 Å². The third kappa shape index (κ3) is 3.64. The van der Waals surface area contributed by atoms with Crippen molar-refractivity contribution >= 4 is 23.2 Å². The smallest absolute Gasteiger partial charge is 0.244 e. The van der Waals surface area contributed by atoms with Gasteiger partial charge in [-0.3, -0.25) is 9.59 Å². The van der Waals surface area contributed by atoms with Crippen molar-refractivity contribution in [2.24, 2.45) is 0 Å². The predicted molar refractivity (Wildman–Crippen MR) is 88.5 cm³/mol. The van der Waals surface area contributed by atoms with E-state index in [1.54, 1.807) is 4.90 Å². The van der Waals surface area contributed by atoms with Crippen molar-refractivity contribution in [2.75, 3.05) is 43.1 Å². The number of carbonyl (C=O) groups is 2. The van der Waals surface area contributed by atoms with E-state index in [0.29, 0.717) is 32.7 Å². The fourth-order valence-electron chi connectivity index (χ4n) is 3.05. The van der Waals surface area contributed by atoms with Crippen LogP contribution in [-0.4, -0.2) is 55.6 Å². The van der Waals surface area contributed by atoms with Crippen LogP contribution in [0.15, 0.2) is 24.3 Å². The zero-order valence-corrected chi connectivity index (χ0v) is 13.5. The van der Waals surface area contributed by atoms with Gasteiger partial charge in [-0.1, -0.05) is 6.07 Å². The fourth-order valence-corrected chi connectivity index (χ4v) is 3.05. The van der Waals surface area contributed by atoms with Gasteiger partial charge in [0.25, 0.3) is 0 Å². The van der Waals surface area contributed by atoms with E-state index < -0.39 is 0 Å². The van der Waals surface area contributed by atoms with Gasteiger partial charge in [0.05, 0.1) is 13.2 Å². The van der Waals surface area contributed by atoms with Gasteiger partial charge in [-0.15, -0.1) is 0 Å². The lowest BCUT2D eigenvalue weighted by Gasteiger charge is -2.30. The summed E-state index contributed by atoms with van der Waals surface area (Å²) in [6.45, 7) is 5.13. The van der Waals surface area contributed by atoms with Crippen LogP contribution in [0, 0.1) is 0 Å². The molecule has 0 saturated carbocycles. The highest BCUT2D eigenvalue weighted by Gasteiger charge is 2.24. The van der Waals surface area contributed by atoms with Crippen LogP contribution < -0.4 is 10.2 Å². The molecule has 23 heavy (non-hydrogen) atoms. The first-order valence-corrected chi connectivity index (χ1v) is 8.18. The Morgan fingerprint density at radius 1 is 1.26 bits per heavy atom. The number of nitrogens with one attached hydrogen (secondary N) is 1. The van der Waals surface area contributed by atoms with Gasteiger partial charge in [0.1, 0.15) is 6.04 Å².